The molecule has 0 aromatic rings. The average molecular weight is 211 g/mol. The van der Waals surface area contributed by atoms with Crippen LogP contribution in [0.3, 0.4) is 0 Å². The molecule has 1 saturated heterocycles. The van der Waals surface area contributed by atoms with Crippen LogP contribution in [0.5, 0.6) is 0 Å². The molecule has 0 saturated carbocycles. The van der Waals surface area contributed by atoms with Crippen LogP contribution >= 0.6 is 0 Å². The van der Waals surface area contributed by atoms with Crippen molar-refractivity contribution in [2.45, 2.75) is 53.4 Å². The van der Waals surface area contributed by atoms with E-state index >= 15 is 0 Å². The van der Waals surface area contributed by atoms with Gasteiger partial charge in [-0.25, -0.2) is 0 Å². The van der Waals surface area contributed by atoms with E-state index in [1.54, 1.807) is 0 Å². The predicted molar refractivity (Wildman–Crippen MR) is 68.1 cm³/mol. The molecule has 1 heterocycles. The van der Waals surface area contributed by atoms with Crippen LogP contribution < -0.4 is 0 Å². The zero-order valence-corrected chi connectivity index (χ0v) is 11.3. The Morgan fingerprint density at radius 3 is 2.20 bits per heavy atom. The second-order valence-corrected chi connectivity index (χ2v) is 6.71. The van der Waals surface area contributed by atoms with Gasteiger partial charge in [0.05, 0.1) is 0 Å². The Kier molecular flexibility index (Phi) is 4.64. The molecule has 0 amide bonds. The minimum Gasteiger partial charge on any atom is -0.306 e. The molecule has 15 heavy (non-hydrogen) atoms. The summed E-state index contributed by atoms with van der Waals surface area (Å²) in [5.74, 6) is 1.82. The highest BCUT2D eigenvalue weighted by Crippen LogP contribution is 2.35. The number of rotatable bonds is 4. The molecule has 0 unspecified atom stereocenters. The molecule has 1 nitrogen and oxygen atoms in total. The van der Waals surface area contributed by atoms with Gasteiger partial charge in [0.15, 0.2) is 0 Å². The molecule has 0 aliphatic carbocycles. The summed E-state index contributed by atoms with van der Waals surface area (Å²) in [5, 5.41) is 0. The second-order valence-electron chi connectivity index (χ2n) is 6.71. The fourth-order valence-electron chi connectivity index (χ4n) is 3.24. The summed E-state index contributed by atoms with van der Waals surface area (Å²) in [6.45, 7) is 12.2. The SMILES string of the molecule is CC(C)CC(C)(C)CC1CCN(C)CC1. The lowest BCUT2D eigenvalue weighted by Gasteiger charge is -2.35. The Bertz CT molecular complexity index is 176. The van der Waals surface area contributed by atoms with E-state index in [2.05, 4.69) is 39.6 Å². The van der Waals surface area contributed by atoms with Crippen LogP contribution in [0.15, 0.2) is 0 Å². The normalized spacial score (nSPS) is 21.2. The average Bonchev–Trinajstić information content (AvgIpc) is 2.06. The van der Waals surface area contributed by atoms with Crippen molar-refractivity contribution in [2.75, 3.05) is 20.1 Å². The van der Waals surface area contributed by atoms with Crippen LogP contribution in [-0.2, 0) is 0 Å². The van der Waals surface area contributed by atoms with E-state index in [0.717, 1.165) is 11.8 Å². The molecule has 0 radical (unpaired) electrons. The fraction of sp³-hybridized carbons (Fsp3) is 1.00. The molecule has 0 N–H and O–H groups in total. The summed E-state index contributed by atoms with van der Waals surface area (Å²) in [4.78, 5) is 2.46. The standard InChI is InChI=1S/C14H29N/c1-12(2)10-14(3,4)11-13-6-8-15(5)9-7-13/h12-13H,6-11H2,1-5H3. The molecule has 0 atom stereocenters. The topological polar surface area (TPSA) is 3.24 Å². The quantitative estimate of drug-likeness (QED) is 0.684. The van der Waals surface area contributed by atoms with Crippen molar-refractivity contribution in [1.29, 1.82) is 0 Å². The Balaban J connectivity index is 2.33. The first kappa shape index (κ1) is 13.0. The van der Waals surface area contributed by atoms with Gasteiger partial charge in [-0.15, -0.1) is 0 Å². The van der Waals surface area contributed by atoms with Crippen molar-refractivity contribution >= 4 is 0 Å². The van der Waals surface area contributed by atoms with Crippen molar-refractivity contribution < 1.29 is 0 Å². The van der Waals surface area contributed by atoms with Crippen LogP contribution in [-0.4, -0.2) is 25.0 Å². The second kappa shape index (κ2) is 5.34. The zero-order chi connectivity index (χ0) is 11.5. The van der Waals surface area contributed by atoms with Crippen LogP contribution in [0.2, 0.25) is 0 Å². The maximum absolute atomic E-state index is 2.46. The molecule has 0 bridgehead atoms. The van der Waals surface area contributed by atoms with Crippen LogP contribution in [0, 0.1) is 17.3 Å². The van der Waals surface area contributed by atoms with Crippen LogP contribution in [0.25, 0.3) is 0 Å². The molecule has 1 heteroatoms. The molecule has 0 aromatic carbocycles. The summed E-state index contributed by atoms with van der Waals surface area (Å²) in [7, 11) is 2.25. The van der Waals surface area contributed by atoms with Crippen molar-refractivity contribution in [3.63, 3.8) is 0 Å². The first-order chi connectivity index (χ1) is 6.89. The summed E-state index contributed by atoms with van der Waals surface area (Å²) in [6, 6.07) is 0. The lowest BCUT2D eigenvalue weighted by atomic mass is 9.74. The highest BCUT2D eigenvalue weighted by molar-refractivity contribution is 4.78. The van der Waals surface area contributed by atoms with Gasteiger partial charge in [-0.1, -0.05) is 27.7 Å². The minimum atomic E-state index is 0.550. The summed E-state index contributed by atoms with van der Waals surface area (Å²) in [6.07, 6.45) is 5.63. The van der Waals surface area contributed by atoms with Gasteiger partial charge in [0, 0.05) is 0 Å². The Morgan fingerprint density at radius 2 is 1.73 bits per heavy atom. The maximum atomic E-state index is 2.46. The number of likely N-dealkylation sites (tertiary alicyclic amines) is 1. The third kappa shape index (κ3) is 5.01. The fourth-order valence-corrected chi connectivity index (χ4v) is 3.24. The van der Waals surface area contributed by atoms with E-state index in [0.29, 0.717) is 5.41 Å². The number of hydrogen-bond donors (Lipinski definition) is 0. The molecular weight excluding hydrogens is 182 g/mol. The van der Waals surface area contributed by atoms with E-state index in [1.165, 1.54) is 38.8 Å². The van der Waals surface area contributed by atoms with Gasteiger partial charge in [-0.2, -0.15) is 0 Å². The first-order valence-corrected chi connectivity index (χ1v) is 6.57. The monoisotopic (exact) mass is 211 g/mol. The maximum Gasteiger partial charge on any atom is -0.00191 e. The van der Waals surface area contributed by atoms with Gasteiger partial charge >= 0.3 is 0 Å². The van der Waals surface area contributed by atoms with Crippen molar-refractivity contribution in [3.8, 4) is 0 Å². The Hall–Kier alpha value is -0.0400. The molecule has 90 valence electrons. The van der Waals surface area contributed by atoms with E-state index in [1.807, 2.05) is 0 Å². The van der Waals surface area contributed by atoms with Crippen LogP contribution in [0.1, 0.15) is 53.4 Å². The number of piperidine rings is 1. The van der Waals surface area contributed by atoms with E-state index in [4.69, 9.17) is 0 Å². The molecule has 1 aliphatic rings. The summed E-state index contributed by atoms with van der Waals surface area (Å²) in [5.41, 5.74) is 0.550. The lowest BCUT2D eigenvalue weighted by molar-refractivity contribution is 0.152. The first-order valence-electron chi connectivity index (χ1n) is 6.57. The van der Waals surface area contributed by atoms with Crippen LogP contribution in [0.4, 0.5) is 0 Å². The third-order valence-corrected chi connectivity index (χ3v) is 3.64. The van der Waals surface area contributed by atoms with Gasteiger partial charge in [-0.05, 0) is 63.1 Å². The van der Waals surface area contributed by atoms with Crippen molar-refractivity contribution in [3.05, 3.63) is 0 Å². The summed E-state index contributed by atoms with van der Waals surface area (Å²) >= 11 is 0. The molecule has 0 spiro atoms. The van der Waals surface area contributed by atoms with Gasteiger partial charge in [0.1, 0.15) is 0 Å². The summed E-state index contributed by atoms with van der Waals surface area (Å²) < 4.78 is 0. The third-order valence-electron chi connectivity index (χ3n) is 3.64. The molecule has 1 fully saturated rings. The Morgan fingerprint density at radius 1 is 1.20 bits per heavy atom. The lowest BCUT2D eigenvalue weighted by Crippen LogP contribution is -2.32. The van der Waals surface area contributed by atoms with E-state index < -0.39 is 0 Å². The highest BCUT2D eigenvalue weighted by Gasteiger charge is 2.26. The molecular formula is C14H29N. The molecule has 1 aliphatic heterocycles. The number of nitrogens with zero attached hydrogens (tertiary/aromatic N) is 1. The van der Waals surface area contributed by atoms with Gasteiger partial charge < -0.3 is 4.90 Å². The van der Waals surface area contributed by atoms with E-state index in [9.17, 15) is 0 Å². The Labute approximate surface area is 96.2 Å². The van der Waals surface area contributed by atoms with Gasteiger partial charge in [0.25, 0.3) is 0 Å². The number of hydrogen-bond acceptors (Lipinski definition) is 1. The molecule has 1 rings (SSSR count). The largest absolute Gasteiger partial charge is 0.306 e. The highest BCUT2D eigenvalue weighted by atomic mass is 15.1. The minimum absolute atomic E-state index is 0.550. The van der Waals surface area contributed by atoms with Gasteiger partial charge in [0.2, 0.25) is 0 Å². The predicted octanol–water partition coefficient (Wildman–Crippen LogP) is 3.79. The van der Waals surface area contributed by atoms with Crippen molar-refractivity contribution in [2.24, 2.45) is 17.3 Å². The zero-order valence-electron chi connectivity index (χ0n) is 11.3. The van der Waals surface area contributed by atoms with Gasteiger partial charge in [-0.3, -0.25) is 0 Å². The van der Waals surface area contributed by atoms with Crippen molar-refractivity contribution in [1.82, 2.24) is 4.90 Å². The van der Waals surface area contributed by atoms with E-state index in [-0.39, 0.29) is 0 Å². The smallest absolute Gasteiger partial charge is 0.00191 e. The molecule has 0 aromatic heterocycles.